The van der Waals surface area contributed by atoms with E-state index >= 15 is 0 Å². The van der Waals surface area contributed by atoms with E-state index in [1.165, 1.54) is 11.3 Å². The van der Waals surface area contributed by atoms with Gasteiger partial charge in [-0.05, 0) is 38.3 Å². The zero-order valence-corrected chi connectivity index (χ0v) is 14.3. The molecule has 0 radical (unpaired) electrons. The van der Waals surface area contributed by atoms with Gasteiger partial charge in [0, 0.05) is 30.9 Å². The average molecular weight is 292 g/mol. The normalized spacial score (nSPS) is 14.2. The Bertz CT molecular complexity index is 396. The summed E-state index contributed by atoms with van der Waals surface area (Å²) in [7, 11) is 2.13. The minimum Gasteiger partial charge on any atom is -0.394 e. The van der Waals surface area contributed by atoms with E-state index in [9.17, 15) is 5.11 Å². The first-order chi connectivity index (χ1) is 9.92. The van der Waals surface area contributed by atoms with Crippen molar-refractivity contribution >= 4 is 5.69 Å². The van der Waals surface area contributed by atoms with Gasteiger partial charge in [-0.15, -0.1) is 0 Å². The Labute approximate surface area is 130 Å². The van der Waals surface area contributed by atoms with E-state index in [0.717, 1.165) is 25.8 Å². The number of hydrogen-bond donors (Lipinski definition) is 2. The third-order valence-electron chi connectivity index (χ3n) is 4.20. The summed E-state index contributed by atoms with van der Waals surface area (Å²) in [6, 6.07) is 9.03. The van der Waals surface area contributed by atoms with Crippen LogP contribution in [-0.4, -0.2) is 36.9 Å². The highest BCUT2D eigenvalue weighted by Crippen LogP contribution is 2.20. The van der Waals surface area contributed by atoms with E-state index in [4.69, 9.17) is 0 Å². The highest BCUT2D eigenvalue weighted by Gasteiger charge is 2.27. The van der Waals surface area contributed by atoms with Crippen LogP contribution in [0, 0.1) is 6.92 Å². The molecule has 0 bridgehead atoms. The number of nitrogens with one attached hydrogen (secondary N) is 1. The lowest BCUT2D eigenvalue weighted by Crippen LogP contribution is -2.51. The van der Waals surface area contributed by atoms with Gasteiger partial charge in [-0.2, -0.15) is 0 Å². The lowest BCUT2D eigenvalue weighted by atomic mass is 9.90. The summed E-state index contributed by atoms with van der Waals surface area (Å²) in [6.45, 7) is 9.74. The van der Waals surface area contributed by atoms with Gasteiger partial charge in [0.25, 0.3) is 0 Å². The molecule has 3 nitrogen and oxygen atoms in total. The SMILES string of the molecule is CCC(CO)(CCCN(C)c1ccc(C)cc1)NC(C)C. The summed E-state index contributed by atoms with van der Waals surface area (Å²) >= 11 is 0. The summed E-state index contributed by atoms with van der Waals surface area (Å²) in [5.74, 6) is 0. The first kappa shape index (κ1) is 18.0. The summed E-state index contributed by atoms with van der Waals surface area (Å²) in [5, 5.41) is 13.3. The quantitative estimate of drug-likeness (QED) is 0.732. The van der Waals surface area contributed by atoms with Gasteiger partial charge in [-0.1, -0.05) is 38.5 Å². The maximum absolute atomic E-state index is 9.76. The number of anilines is 1. The van der Waals surface area contributed by atoms with Crippen molar-refractivity contribution in [3.63, 3.8) is 0 Å². The monoisotopic (exact) mass is 292 g/mol. The number of aryl methyl sites for hydroxylation is 1. The van der Waals surface area contributed by atoms with E-state index in [0.29, 0.717) is 6.04 Å². The highest BCUT2D eigenvalue weighted by molar-refractivity contribution is 5.46. The number of aliphatic hydroxyl groups excluding tert-OH is 1. The van der Waals surface area contributed by atoms with Gasteiger partial charge < -0.3 is 15.3 Å². The molecule has 0 amide bonds. The molecular weight excluding hydrogens is 260 g/mol. The van der Waals surface area contributed by atoms with E-state index in [1.54, 1.807) is 0 Å². The zero-order chi connectivity index (χ0) is 15.9. The van der Waals surface area contributed by atoms with Gasteiger partial charge in [-0.25, -0.2) is 0 Å². The van der Waals surface area contributed by atoms with Crippen LogP contribution < -0.4 is 10.2 Å². The fraction of sp³-hybridized carbons (Fsp3) is 0.667. The Balaban J connectivity index is 2.51. The minimum atomic E-state index is -0.137. The predicted octanol–water partition coefficient (Wildman–Crippen LogP) is 3.35. The Morgan fingerprint density at radius 3 is 2.33 bits per heavy atom. The minimum absolute atomic E-state index is 0.137. The maximum Gasteiger partial charge on any atom is 0.0613 e. The number of hydrogen-bond acceptors (Lipinski definition) is 3. The van der Waals surface area contributed by atoms with E-state index < -0.39 is 0 Å². The van der Waals surface area contributed by atoms with Crippen LogP contribution in [-0.2, 0) is 0 Å². The van der Waals surface area contributed by atoms with Crippen molar-refractivity contribution in [1.29, 1.82) is 0 Å². The fourth-order valence-corrected chi connectivity index (χ4v) is 2.78. The van der Waals surface area contributed by atoms with Crippen molar-refractivity contribution in [1.82, 2.24) is 5.32 Å². The molecule has 0 saturated heterocycles. The molecule has 0 aliphatic carbocycles. The first-order valence-corrected chi connectivity index (χ1v) is 8.09. The number of nitrogens with zero attached hydrogens (tertiary/aromatic N) is 1. The average Bonchev–Trinajstić information content (AvgIpc) is 2.46. The summed E-state index contributed by atoms with van der Waals surface area (Å²) < 4.78 is 0. The molecule has 1 unspecified atom stereocenters. The molecule has 1 aromatic carbocycles. The second-order valence-electron chi connectivity index (χ2n) is 6.45. The van der Waals surface area contributed by atoms with Gasteiger partial charge in [0.2, 0.25) is 0 Å². The van der Waals surface area contributed by atoms with Crippen molar-refractivity contribution < 1.29 is 5.11 Å². The van der Waals surface area contributed by atoms with E-state index in [2.05, 4.69) is 69.2 Å². The van der Waals surface area contributed by atoms with Crippen LogP contribution in [0.2, 0.25) is 0 Å². The largest absolute Gasteiger partial charge is 0.394 e. The second kappa shape index (κ2) is 8.40. The lowest BCUT2D eigenvalue weighted by molar-refractivity contribution is 0.136. The number of aliphatic hydroxyl groups is 1. The molecule has 1 atom stereocenters. The van der Waals surface area contributed by atoms with Gasteiger partial charge in [0.1, 0.15) is 0 Å². The summed E-state index contributed by atoms with van der Waals surface area (Å²) in [6.07, 6.45) is 3.02. The molecule has 21 heavy (non-hydrogen) atoms. The smallest absolute Gasteiger partial charge is 0.0613 e. The molecule has 0 saturated carbocycles. The predicted molar refractivity (Wildman–Crippen MR) is 92.1 cm³/mol. The summed E-state index contributed by atoms with van der Waals surface area (Å²) in [4.78, 5) is 2.28. The van der Waals surface area contributed by atoms with Crippen LogP contribution in [0.4, 0.5) is 5.69 Å². The van der Waals surface area contributed by atoms with Gasteiger partial charge in [-0.3, -0.25) is 0 Å². The van der Waals surface area contributed by atoms with Gasteiger partial charge >= 0.3 is 0 Å². The van der Waals surface area contributed by atoms with Crippen LogP contribution in [0.3, 0.4) is 0 Å². The van der Waals surface area contributed by atoms with Crippen molar-refractivity contribution in [2.24, 2.45) is 0 Å². The molecule has 1 aromatic rings. The molecule has 0 aromatic heterocycles. The van der Waals surface area contributed by atoms with Gasteiger partial charge in [0.15, 0.2) is 0 Å². The molecule has 0 heterocycles. The molecule has 0 aliphatic heterocycles. The molecule has 3 heteroatoms. The fourth-order valence-electron chi connectivity index (χ4n) is 2.78. The Morgan fingerprint density at radius 1 is 1.24 bits per heavy atom. The first-order valence-electron chi connectivity index (χ1n) is 8.09. The van der Waals surface area contributed by atoms with Crippen molar-refractivity contribution in [2.45, 2.75) is 58.5 Å². The second-order valence-corrected chi connectivity index (χ2v) is 6.45. The van der Waals surface area contributed by atoms with Crippen molar-refractivity contribution in [3.8, 4) is 0 Å². The van der Waals surface area contributed by atoms with Crippen molar-refractivity contribution in [3.05, 3.63) is 29.8 Å². The molecule has 0 fully saturated rings. The van der Waals surface area contributed by atoms with E-state index in [1.807, 2.05) is 0 Å². The highest BCUT2D eigenvalue weighted by atomic mass is 16.3. The van der Waals surface area contributed by atoms with Crippen molar-refractivity contribution in [2.75, 3.05) is 25.1 Å². The van der Waals surface area contributed by atoms with E-state index in [-0.39, 0.29) is 12.1 Å². The van der Waals surface area contributed by atoms with Crippen LogP contribution in [0.25, 0.3) is 0 Å². The Kier molecular flexibility index (Phi) is 7.20. The molecule has 120 valence electrons. The van der Waals surface area contributed by atoms with Crippen LogP contribution in [0.15, 0.2) is 24.3 Å². The molecule has 2 N–H and O–H groups in total. The third kappa shape index (κ3) is 5.68. The Morgan fingerprint density at radius 2 is 1.86 bits per heavy atom. The van der Waals surface area contributed by atoms with Crippen LogP contribution in [0.5, 0.6) is 0 Å². The maximum atomic E-state index is 9.76. The zero-order valence-electron chi connectivity index (χ0n) is 14.3. The summed E-state index contributed by atoms with van der Waals surface area (Å²) in [5.41, 5.74) is 2.41. The number of benzene rings is 1. The van der Waals surface area contributed by atoms with Gasteiger partial charge in [0.05, 0.1) is 6.61 Å². The number of rotatable bonds is 9. The van der Waals surface area contributed by atoms with Crippen LogP contribution >= 0.6 is 0 Å². The molecule has 1 rings (SSSR count). The Hall–Kier alpha value is -1.06. The van der Waals surface area contributed by atoms with Crippen LogP contribution in [0.1, 0.15) is 45.6 Å². The topological polar surface area (TPSA) is 35.5 Å². The third-order valence-corrected chi connectivity index (χ3v) is 4.20. The molecule has 0 spiro atoms. The molecular formula is C18H32N2O. The lowest BCUT2D eigenvalue weighted by Gasteiger charge is -2.35. The standard InChI is InChI=1S/C18H32N2O/c1-6-18(14-21,19-15(2)3)12-7-13-20(5)17-10-8-16(4)9-11-17/h8-11,15,19,21H,6-7,12-14H2,1-5H3. The molecule has 0 aliphatic rings.